The highest BCUT2D eigenvalue weighted by atomic mass is 79.9. The molecule has 88 valence electrons. The minimum absolute atomic E-state index is 0.228. The maximum Gasteiger partial charge on any atom is 0.124 e. The first-order chi connectivity index (χ1) is 7.66. The van der Waals surface area contributed by atoms with Gasteiger partial charge in [0.2, 0.25) is 0 Å². The molecule has 16 heavy (non-hydrogen) atoms. The van der Waals surface area contributed by atoms with Gasteiger partial charge in [-0.3, -0.25) is 0 Å². The van der Waals surface area contributed by atoms with Crippen molar-refractivity contribution in [2.24, 2.45) is 5.92 Å². The molecule has 0 spiro atoms. The van der Waals surface area contributed by atoms with Gasteiger partial charge in [0.15, 0.2) is 0 Å². The van der Waals surface area contributed by atoms with Crippen LogP contribution in [0.15, 0.2) is 22.7 Å². The van der Waals surface area contributed by atoms with Crippen LogP contribution in [0.4, 0.5) is 10.1 Å². The van der Waals surface area contributed by atoms with Crippen LogP contribution in [0.1, 0.15) is 13.3 Å². The number of hydrogen-bond acceptors (Lipinski definition) is 2. The van der Waals surface area contributed by atoms with E-state index < -0.39 is 0 Å². The lowest BCUT2D eigenvalue weighted by Gasteiger charge is -2.21. The smallest absolute Gasteiger partial charge is 0.124 e. The van der Waals surface area contributed by atoms with Crippen LogP contribution in [-0.4, -0.2) is 19.3 Å². The lowest BCUT2D eigenvalue weighted by Crippen LogP contribution is -2.26. The Hall–Kier alpha value is -0.610. The molecule has 0 bridgehead atoms. The molecular formula is C12H15BrFNO. The summed E-state index contributed by atoms with van der Waals surface area (Å²) in [5.41, 5.74) is 0.931. The minimum Gasteiger partial charge on any atom is -0.381 e. The Bertz CT molecular complexity index is 366. The normalized spacial score (nSPS) is 22.1. The van der Waals surface area contributed by atoms with Gasteiger partial charge in [0.1, 0.15) is 5.82 Å². The van der Waals surface area contributed by atoms with E-state index in [2.05, 4.69) is 28.2 Å². The molecule has 0 radical (unpaired) electrons. The quantitative estimate of drug-likeness (QED) is 0.920. The number of nitrogens with one attached hydrogen (secondary N) is 1. The zero-order chi connectivity index (χ0) is 11.5. The minimum atomic E-state index is -0.228. The highest BCUT2D eigenvalue weighted by molar-refractivity contribution is 9.10. The summed E-state index contributed by atoms with van der Waals surface area (Å²) in [6, 6.07) is 5.03. The van der Waals surface area contributed by atoms with Crippen molar-refractivity contribution < 1.29 is 9.13 Å². The van der Waals surface area contributed by atoms with Gasteiger partial charge in [-0.15, -0.1) is 0 Å². The van der Waals surface area contributed by atoms with Crippen molar-refractivity contribution >= 4 is 21.6 Å². The third-order valence-corrected chi connectivity index (χ3v) is 3.64. The summed E-state index contributed by atoms with van der Waals surface area (Å²) in [6.07, 6.45) is 1.09. The molecule has 0 amide bonds. The van der Waals surface area contributed by atoms with E-state index >= 15 is 0 Å². The summed E-state index contributed by atoms with van der Waals surface area (Å²) in [7, 11) is 0. The number of rotatable bonds is 3. The summed E-state index contributed by atoms with van der Waals surface area (Å²) in [5, 5.41) is 3.39. The molecule has 2 atom stereocenters. The monoisotopic (exact) mass is 287 g/mol. The van der Waals surface area contributed by atoms with Crippen molar-refractivity contribution in [1.29, 1.82) is 0 Å². The zero-order valence-corrected chi connectivity index (χ0v) is 10.8. The first-order valence-corrected chi connectivity index (χ1v) is 6.25. The predicted molar refractivity (Wildman–Crippen MR) is 66.1 cm³/mol. The summed E-state index contributed by atoms with van der Waals surface area (Å²) >= 11 is 3.35. The SMILES string of the molecule is CC(Nc1ccc(F)cc1Br)C1CCOC1. The number of ether oxygens (including phenoxy) is 1. The molecule has 1 saturated heterocycles. The van der Waals surface area contributed by atoms with Gasteiger partial charge in [-0.2, -0.15) is 0 Å². The van der Waals surface area contributed by atoms with Crippen LogP contribution in [0, 0.1) is 11.7 Å². The predicted octanol–water partition coefficient (Wildman–Crippen LogP) is 3.43. The van der Waals surface area contributed by atoms with Crippen molar-refractivity contribution in [3.8, 4) is 0 Å². The van der Waals surface area contributed by atoms with Gasteiger partial charge in [-0.25, -0.2) is 4.39 Å². The summed E-state index contributed by atoms with van der Waals surface area (Å²) in [4.78, 5) is 0. The van der Waals surface area contributed by atoms with Gasteiger partial charge >= 0.3 is 0 Å². The Morgan fingerprint density at radius 2 is 2.38 bits per heavy atom. The Morgan fingerprint density at radius 1 is 1.56 bits per heavy atom. The van der Waals surface area contributed by atoms with E-state index in [4.69, 9.17) is 4.74 Å². The van der Waals surface area contributed by atoms with Gasteiger partial charge in [0.05, 0.1) is 6.61 Å². The third-order valence-electron chi connectivity index (χ3n) is 2.99. The number of anilines is 1. The molecule has 0 saturated carbocycles. The van der Waals surface area contributed by atoms with Crippen molar-refractivity contribution in [1.82, 2.24) is 0 Å². The molecule has 1 aliphatic rings. The second-order valence-electron chi connectivity index (χ2n) is 4.18. The topological polar surface area (TPSA) is 21.3 Å². The van der Waals surface area contributed by atoms with E-state index in [1.807, 2.05) is 0 Å². The summed E-state index contributed by atoms with van der Waals surface area (Å²) in [5.74, 6) is 0.311. The average molecular weight is 288 g/mol. The molecule has 1 N–H and O–H groups in total. The van der Waals surface area contributed by atoms with Gasteiger partial charge in [0.25, 0.3) is 0 Å². The van der Waals surface area contributed by atoms with E-state index in [1.165, 1.54) is 12.1 Å². The number of hydrogen-bond donors (Lipinski definition) is 1. The molecule has 1 heterocycles. The maximum absolute atomic E-state index is 12.9. The number of halogens is 2. The van der Waals surface area contributed by atoms with Crippen molar-refractivity contribution in [2.75, 3.05) is 18.5 Å². The van der Waals surface area contributed by atoms with Crippen LogP contribution in [0.3, 0.4) is 0 Å². The van der Waals surface area contributed by atoms with Gasteiger partial charge < -0.3 is 10.1 Å². The molecular weight excluding hydrogens is 273 g/mol. The molecule has 1 aromatic rings. The van der Waals surface area contributed by atoms with Gasteiger partial charge in [-0.05, 0) is 47.5 Å². The fourth-order valence-corrected chi connectivity index (χ4v) is 2.38. The van der Waals surface area contributed by atoms with E-state index in [0.717, 1.165) is 29.8 Å². The largest absolute Gasteiger partial charge is 0.381 e. The Labute approximate surface area is 103 Å². The number of benzene rings is 1. The Kier molecular flexibility index (Phi) is 3.82. The Balaban J connectivity index is 2.02. The molecule has 0 aliphatic carbocycles. The van der Waals surface area contributed by atoms with E-state index in [0.29, 0.717) is 12.0 Å². The van der Waals surface area contributed by atoms with Crippen LogP contribution < -0.4 is 5.32 Å². The standard InChI is InChI=1S/C12H15BrFNO/c1-8(9-4-5-16-7-9)15-12-3-2-10(14)6-11(12)13/h2-3,6,8-9,15H,4-5,7H2,1H3. The second kappa shape index (κ2) is 5.15. The highest BCUT2D eigenvalue weighted by Gasteiger charge is 2.22. The van der Waals surface area contributed by atoms with Crippen molar-refractivity contribution in [3.05, 3.63) is 28.5 Å². The summed E-state index contributed by atoms with van der Waals surface area (Å²) in [6.45, 7) is 3.80. The van der Waals surface area contributed by atoms with Crippen molar-refractivity contribution in [2.45, 2.75) is 19.4 Å². The first-order valence-electron chi connectivity index (χ1n) is 5.46. The molecule has 0 aromatic heterocycles. The molecule has 1 fully saturated rings. The van der Waals surface area contributed by atoms with Crippen LogP contribution in [0.25, 0.3) is 0 Å². The van der Waals surface area contributed by atoms with Crippen LogP contribution in [0.5, 0.6) is 0 Å². The van der Waals surface area contributed by atoms with Gasteiger partial charge in [-0.1, -0.05) is 0 Å². The van der Waals surface area contributed by atoms with E-state index in [-0.39, 0.29) is 5.82 Å². The van der Waals surface area contributed by atoms with Gasteiger partial charge in [0, 0.05) is 28.7 Å². The average Bonchev–Trinajstić information content (AvgIpc) is 2.75. The lowest BCUT2D eigenvalue weighted by molar-refractivity contribution is 0.183. The zero-order valence-electron chi connectivity index (χ0n) is 9.17. The maximum atomic E-state index is 12.9. The first kappa shape index (κ1) is 11.9. The lowest BCUT2D eigenvalue weighted by atomic mass is 10.0. The van der Waals surface area contributed by atoms with Crippen LogP contribution >= 0.6 is 15.9 Å². The fraction of sp³-hybridized carbons (Fsp3) is 0.500. The van der Waals surface area contributed by atoms with Crippen LogP contribution in [-0.2, 0) is 4.74 Å². The molecule has 1 aromatic carbocycles. The third kappa shape index (κ3) is 2.74. The molecule has 1 aliphatic heterocycles. The fourth-order valence-electron chi connectivity index (χ4n) is 1.92. The molecule has 2 nitrogen and oxygen atoms in total. The molecule has 2 rings (SSSR count). The summed E-state index contributed by atoms with van der Waals surface area (Å²) < 4.78 is 19.0. The van der Waals surface area contributed by atoms with E-state index in [9.17, 15) is 4.39 Å². The van der Waals surface area contributed by atoms with Crippen LogP contribution in [0.2, 0.25) is 0 Å². The van der Waals surface area contributed by atoms with Crippen molar-refractivity contribution in [3.63, 3.8) is 0 Å². The highest BCUT2D eigenvalue weighted by Crippen LogP contribution is 2.26. The van der Waals surface area contributed by atoms with E-state index in [1.54, 1.807) is 6.07 Å². The second-order valence-corrected chi connectivity index (χ2v) is 5.04. The Morgan fingerprint density at radius 3 is 3.00 bits per heavy atom. The molecule has 4 heteroatoms. The molecule has 2 unspecified atom stereocenters.